The Morgan fingerprint density at radius 3 is 2.83 bits per heavy atom. The number of nitrogens with zero attached hydrogens (tertiary/aromatic N) is 4. The second-order valence-electron chi connectivity index (χ2n) is 5.39. The topological polar surface area (TPSA) is 115 Å². The molecular weight excluding hydrogens is 345 g/mol. The summed E-state index contributed by atoms with van der Waals surface area (Å²) in [6.45, 7) is -0.624. The number of ether oxygens (including phenoxy) is 2. The van der Waals surface area contributed by atoms with Gasteiger partial charge in [-0.2, -0.15) is 9.97 Å². The Hall–Kier alpha value is -1.75. The molecule has 0 spiro atoms. The van der Waals surface area contributed by atoms with Gasteiger partial charge in [0.25, 0.3) is 0 Å². The maximum absolute atomic E-state index is 14.6. The largest absolute Gasteiger partial charge is 0.467 e. The number of methoxy groups -OCH3 is 1. The number of fused-ring (bicyclic) bond motifs is 1. The van der Waals surface area contributed by atoms with E-state index in [1.54, 1.807) is 7.05 Å². The Morgan fingerprint density at radius 1 is 1.54 bits per heavy atom. The average Bonchev–Trinajstić information content (AvgIpc) is 3.14. The van der Waals surface area contributed by atoms with Gasteiger partial charge in [-0.25, -0.2) is 9.37 Å². The lowest BCUT2D eigenvalue weighted by Crippen LogP contribution is -2.47. The quantitative estimate of drug-likeness (QED) is 0.641. The summed E-state index contributed by atoms with van der Waals surface area (Å²) < 4.78 is 26.5. The molecule has 132 valence electrons. The molecule has 3 N–H and O–H groups in total. The summed E-state index contributed by atoms with van der Waals surface area (Å²) in [5.41, 5.74) is -0.948. The molecule has 2 aromatic rings. The van der Waals surface area contributed by atoms with E-state index < -0.39 is 30.7 Å². The Labute approximate surface area is 141 Å². The van der Waals surface area contributed by atoms with E-state index in [1.165, 1.54) is 18.0 Å². The molecule has 3 rings (SSSR count). The minimum atomic E-state index is -1.83. The van der Waals surface area contributed by atoms with E-state index in [2.05, 4.69) is 20.3 Å². The van der Waals surface area contributed by atoms with Gasteiger partial charge in [0.05, 0.1) is 25.9 Å². The lowest BCUT2D eigenvalue weighted by molar-refractivity contribution is -0.113. The van der Waals surface area contributed by atoms with Crippen molar-refractivity contribution in [3.05, 3.63) is 6.33 Å². The number of hydrogen-bond acceptors (Lipinski definition) is 8. The van der Waals surface area contributed by atoms with E-state index in [1.807, 2.05) is 0 Å². The molecule has 0 radical (unpaired) electrons. The van der Waals surface area contributed by atoms with Gasteiger partial charge < -0.3 is 25.0 Å². The molecule has 0 saturated carbocycles. The molecule has 0 aliphatic carbocycles. The van der Waals surface area contributed by atoms with E-state index in [-0.39, 0.29) is 17.5 Å². The summed E-state index contributed by atoms with van der Waals surface area (Å²) in [5, 5.41) is 22.4. The molecule has 1 aliphatic rings. The third kappa shape index (κ3) is 2.37. The number of nitrogens with one attached hydrogen (secondary N) is 1. The lowest BCUT2D eigenvalue weighted by Gasteiger charge is -2.26. The third-order valence-electron chi connectivity index (χ3n) is 4.06. The summed E-state index contributed by atoms with van der Waals surface area (Å²) in [6, 6.07) is 0.0633. The fraction of sp³-hybridized carbons (Fsp3) is 0.615. The van der Waals surface area contributed by atoms with E-state index in [0.29, 0.717) is 11.3 Å². The van der Waals surface area contributed by atoms with Crippen LogP contribution in [0.5, 0.6) is 6.01 Å². The maximum Gasteiger partial charge on any atom is 0.320 e. The minimum absolute atomic E-state index is 0.0633. The van der Waals surface area contributed by atoms with Gasteiger partial charge in [0.1, 0.15) is 11.7 Å². The first kappa shape index (κ1) is 17.1. The molecule has 1 aliphatic heterocycles. The number of aliphatic hydroxyl groups excluding tert-OH is 2. The zero-order valence-corrected chi connectivity index (χ0v) is 13.7. The number of rotatable bonds is 5. The molecule has 9 nitrogen and oxygen atoms in total. The Morgan fingerprint density at radius 2 is 2.29 bits per heavy atom. The molecule has 0 bridgehead atoms. The lowest BCUT2D eigenvalue weighted by atomic mass is 9.99. The van der Waals surface area contributed by atoms with Crippen LogP contribution < -0.4 is 10.1 Å². The van der Waals surface area contributed by atoms with Crippen LogP contribution in [-0.4, -0.2) is 74.3 Å². The van der Waals surface area contributed by atoms with Crippen molar-refractivity contribution in [3.8, 4) is 6.01 Å². The minimum Gasteiger partial charge on any atom is -0.467 e. The number of anilines is 1. The number of imidazole rings is 1. The summed E-state index contributed by atoms with van der Waals surface area (Å²) in [7, 11) is 3.05. The van der Waals surface area contributed by atoms with Crippen molar-refractivity contribution < 1.29 is 24.1 Å². The van der Waals surface area contributed by atoms with Crippen LogP contribution in [0.25, 0.3) is 11.2 Å². The average molecular weight is 362 g/mol. The van der Waals surface area contributed by atoms with Gasteiger partial charge in [-0.1, -0.05) is 0 Å². The van der Waals surface area contributed by atoms with Crippen molar-refractivity contribution in [2.24, 2.45) is 0 Å². The number of aromatic nitrogens is 4. The molecule has 4 atom stereocenters. The fourth-order valence-electron chi connectivity index (χ4n) is 2.66. The van der Waals surface area contributed by atoms with Crippen molar-refractivity contribution in [2.75, 3.05) is 32.0 Å². The molecule has 2 aromatic heterocycles. The SMILES string of the molecule is CNc1nc(OC)nc2c1ncn2[C@@H]1O[C@@](CO)(CCl)[C@@H](O)[C@H]1F. The van der Waals surface area contributed by atoms with Gasteiger partial charge in [-0.05, 0) is 0 Å². The maximum atomic E-state index is 14.6. The van der Waals surface area contributed by atoms with Gasteiger partial charge >= 0.3 is 6.01 Å². The van der Waals surface area contributed by atoms with Gasteiger partial charge in [0.15, 0.2) is 29.4 Å². The zero-order chi connectivity index (χ0) is 17.5. The van der Waals surface area contributed by atoms with E-state index in [9.17, 15) is 14.6 Å². The molecule has 3 heterocycles. The van der Waals surface area contributed by atoms with Crippen LogP contribution in [0.15, 0.2) is 6.33 Å². The highest BCUT2D eigenvalue weighted by Gasteiger charge is 2.55. The van der Waals surface area contributed by atoms with E-state index >= 15 is 0 Å². The molecule has 0 amide bonds. The predicted octanol–water partition coefficient (Wildman–Crippen LogP) is 0.0743. The fourth-order valence-corrected chi connectivity index (χ4v) is 2.97. The van der Waals surface area contributed by atoms with Crippen LogP contribution in [0.2, 0.25) is 0 Å². The number of hydrogen-bond donors (Lipinski definition) is 3. The van der Waals surface area contributed by atoms with Gasteiger partial charge in [0, 0.05) is 7.05 Å². The summed E-state index contributed by atoms with van der Waals surface area (Å²) in [6.07, 6.45) is -3.34. The highest BCUT2D eigenvalue weighted by atomic mass is 35.5. The number of alkyl halides is 2. The highest BCUT2D eigenvalue weighted by Crippen LogP contribution is 2.41. The first-order valence-electron chi connectivity index (χ1n) is 7.14. The van der Waals surface area contributed by atoms with Crippen molar-refractivity contribution >= 4 is 28.6 Å². The normalized spacial score (nSPS) is 30.0. The van der Waals surface area contributed by atoms with Gasteiger partial charge in [-0.15, -0.1) is 11.6 Å². The molecule has 0 aromatic carbocycles. The molecular formula is C13H17ClFN5O4. The summed E-state index contributed by atoms with van der Waals surface area (Å²) >= 11 is 5.77. The molecule has 0 unspecified atom stereocenters. The predicted molar refractivity (Wildman–Crippen MR) is 83.0 cm³/mol. The number of aliphatic hydroxyl groups is 2. The number of halogens is 2. The summed E-state index contributed by atoms with van der Waals surface area (Å²) in [4.78, 5) is 12.4. The first-order chi connectivity index (χ1) is 11.5. The van der Waals surface area contributed by atoms with Crippen molar-refractivity contribution in [3.63, 3.8) is 0 Å². The van der Waals surface area contributed by atoms with E-state index in [0.717, 1.165) is 0 Å². The molecule has 11 heteroatoms. The van der Waals surface area contributed by atoms with Crippen LogP contribution >= 0.6 is 11.6 Å². The zero-order valence-electron chi connectivity index (χ0n) is 13.0. The van der Waals surface area contributed by atoms with Gasteiger partial charge in [-0.3, -0.25) is 4.57 Å². The molecule has 1 saturated heterocycles. The van der Waals surface area contributed by atoms with Crippen molar-refractivity contribution in [2.45, 2.75) is 24.1 Å². The second-order valence-corrected chi connectivity index (χ2v) is 5.65. The van der Waals surface area contributed by atoms with Crippen molar-refractivity contribution in [1.29, 1.82) is 0 Å². The highest BCUT2D eigenvalue weighted by molar-refractivity contribution is 6.18. The van der Waals surface area contributed by atoms with Crippen molar-refractivity contribution in [1.82, 2.24) is 19.5 Å². The van der Waals surface area contributed by atoms with Crippen LogP contribution in [0.4, 0.5) is 10.2 Å². The van der Waals surface area contributed by atoms with Crippen LogP contribution in [0, 0.1) is 0 Å². The molecule has 24 heavy (non-hydrogen) atoms. The Balaban J connectivity index is 2.10. The third-order valence-corrected chi connectivity index (χ3v) is 4.51. The second kappa shape index (κ2) is 6.28. The van der Waals surface area contributed by atoms with Gasteiger partial charge in [0.2, 0.25) is 0 Å². The molecule has 1 fully saturated rings. The Kier molecular flexibility index (Phi) is 4.47. The van der Waals surface area contributed by atoms with Crippen LogP contribution in [0.3, 0.4) is 0 Å². The standard InChI is InChI=1S/C13H17ClFN5O4/c1-16-9-7-10(19-12(18-9)23-2)20(5-17-7)11-6(15)8(22)13(3-14,4-21)24-11/h5-6,8,11,21-22H,3-4H2,1-2H3,(H,16,18,19)/t6-,8+,11-,13-/m1/s1. The smallest absolute Gasteiger partial charge is 0.320 e. The van der Waals surface area contributed by atoms with E-state index in [4.69, 9.17) is 21.1 Å². The summed E-state index contributed by atoms with van der Waals surface area (Å²) in [5.74, 6) is 0.129. The monoisotopic (exact) mass is 361 g/mol. The van der Waals surface area contributed by atoms with Crippen LogP contribution in [0.1, 0.15) is 6.23 Å². The van der Waals surface area contributed by atoms with Crippen LogP contribution in [-0.2, 0) is 4.74 Å². The first-order valence-corrected chi connectivity index (χ1v) is 7.68. The Bertz CT molecular complexity index is 740.